The normalized spacial score (nSPS) is 10.9. The average molecular weight is 475 g/mol. The van der Waals surface area contributed by atoms with Crippen molar-refractivity contribution < 1.29 is 19.0 Å². The summed E-state index contributed by atoms with van der Waals surface area (Å²) < 4.78 is 11.4. The van der Waals surface area contributed by atoms with E-state index in [-0.39, 0.29) is 23.2 Å². The number of hydrogen-bond donors (Lipinski definition) is 3. The topological polar surface area (TPSA) is 175 Å². The van der Waals surface area contributed by atoms with E-state index in [2.05, 4.69) is 41.1 Å². The maximum atomic E-state index is 12.9. The van der Waals surface area contributed by atoms with Crippen molar-refractivity contribution in [2.45, 2.75) is 13.8 Å². The Hall–Kier alpha value is -5.07. The summed E-state index contributed by atoms with van der Waals surface area (Å²) in [5.74, 6) is -0.0459. The highest BCUT2D eigenvalue weighted by atomic mass is 16.6. The molecule has 4 rings (SSSR count). The molecule has 0 radical (unpaired) electrons. The summed E-state index contributed by atoms with van der Waals surface area (Å²) in [5.41, 5.74) is 10.5. The Bertz CT molecular complexity index is 1360. The van der Waals surface area contributed by atoms with Gasteiger partial charge in [-0.1, -0.05) is 17.3 Å². The minimum atomic E-state index is -0.610. The van der Waals surface area contributed by atoms with E-state index in [1.165, 1.54) is 17.8 Å². The van der Waals surface area contributed by atoms with Crippen LogP contribution in [-0.2, 0) is 4.79 Å². The van der Waals surface area contributed by atoms with Crippen LogP contribution in [0.4, 0.5) is 11.5 Å². The van der Waals surface area contributed by atoms with Gasteiger partial charge in [-0.3, -0.25) is 9.59 Å². The summed E-state index contributed by atoms with van der Waals surface area (Å²) in [6.07, 6.45) is 1.45. The molecule has 13 heteroatoms. The van der Waals surface area contributed by atoms with Gasteiger partial charge in [0.1, 0.15) is 11.4 Å². The molecule has 2 heterocycles. The van der Waals surface area contributed by atoms with Crippen LogP contribution in [0.2, 0.25) is 0 Å². The molecule has 13 nitrogen and oxygen atoms in total. The second-order valence-electron chi connectivity index (χ2n) is 7.13. The Kier molecular flexibility index (Phi) is 6.76. The summed E-state index contributed by atoms with van der Waals surface area (Å²) in [7, 11) is 0. The number of anilines is 2. The molecule has 0 saturated heterocycles. The number of nitrogen functional groups attached to an aromatic ring is 1. The lowest BCUT2D eigenvalue weighted by molar-refractivity contribution is -0.114. The van der Waals surface area contributed by atoms with E-state index in [1.54, 1.807) is 48.5 Å². The van der Waals surface area contributed by atoms with Gasteiger partial charge < -0.3 is 15.8 Å². The molecule has 0 atom stereocenters. The number of ether oxygens (including phenoxy) is 1. The minimum absolute atomic E-state index is 0.0187. The number of amides is 2. The molecule has 0 saturated carbocycles. The summed E-state index contributed by atoms with van der Waals surface area (Å²) in [6.45, 7) is 3.82. The van der Waals surface area contributed by atoms with Crippen molar-refractivity contribution in [2.75, 3.05) is 17.7 Å². The second kappa shape index (κ2) is 10.2. The van der Waals surface area contributed by atoms with Crippen molar-refractivity contribution in [3.05, 3.63) is 59.8 Å². The van der Waals surface area contributed by atoms with Gasteiger partial charge in [-0.05, 0) is 59.2 Å². The molecule has 0 aliphatic heterocycles. The fourth-order valence-electron chi connectivity index (χ4n) is 3.13. The molecule has 0 unspecified atom stereocenters. The van der Waals surface area contributed by atoms with Gasteiger partial charge in [0, 0.05) is 18.2 Å². The number of aromatic nitrogens is 5. The standard InChI is InChI=1S/C22H21N9O4/c1-3-34-17-10-6-15(7-11-17)19-18(26-30-31(19)21-20(23)28-35-29-21)22(33)27-24-12-14-4-8-16(9-5-14)25-13(2)32/h4-12H,3H2,1-2H3,(H2,23,28)(H,25,32)(H,27,33)/b24-12+. The number of nitrogens with two attached hydrogens (primary N) is 1. The van der Waals surface area contributed by atoms with E-state index in [4.69, 9.17) is 10.5 Å². The van der Waals surface area contributed by atoms with Gasteiger partial charge in [0.25, 0.3) is 5.91 Å². The van der Waals surface area contributed by atoms with Gasteiger partial charge in [-0.15, -0.1) is 5.10 Å². The molecule has 35 heavy (non-hydrogen) atoms. The molecular formula is C22H21N9O4. The van der Waals surface area contributed by atoms with Crippen LogP contribution < -0.4 is 21.2 Å². The Balaban J connectivity index is 1.59. The summed E-state index contributed by atoms with van der Waals surface area (Å²) in [5, 5.41) is 22.0. The lowest BCUT2D eigenvalue weighted by Crippen LogP contribution is -2.19. The van der Waals surface area contributed by atoms with Gasteiger partial charge in [-0.2, -0.15) is 9.78 Å². The molecule has 4 N–H and O–H groups in total. The van der Waals surface area contributed by atoms with Crippen molar-refractivity contribution in [3.8, 4) is 22.8 Å². The minimum Gasteiger partial charge on any atom is -0.494 e. The third kappa shape index (κ3) is 5.30. The third-order valence-corrected chi connectivity index (χ3v) is 4.63. The van der Waals surface area contributed by atoms with Crippen LogP contribution in [0.25, 0.3) is 17.1 Å². The van der Waals surface area contributed by atoms with Gasteiger partial charge in [0.2, 0.25) is 17.5 Å². The molecule has 178 valence electrons. The van der Waals surface area contributed by atoms with Crippen molar-refractivity contribution in [1.29, 1.82) is 0 Å². The van der Waals surface area contributed by atoms with Gasteiger partial charge in [0.15, 0.2) is 5.69 Å². The largest absolute Gasteiger partial charge is 0.494 e. The Labute approximate surface area is 198 Å². The number of carbonyl (C=O) groups excluding carboxylic acids is 2. The van der Waals surface area contributed by atoms with Crippen molar-refractivity contribution in [1.82, 2.24) is 30.7 Å². The number of hydrazone groups is 1. The third-order valence-electron chi connectivity index (χ3n) is 4.63. The van der Waals surface area contributed by atoms with Crippen molar-refractivity contribution in [3.63, 3.8) is 0 Å². The number of rotatable bonds is 8. The maximum Gasteiger partial charge on any atom is 0.294 e. The summed E-state index contributed by atoms with van der Waals surface area (Å²) >= 11 is 0. The van der Waals surface area contributed by atoms with Crippen LogP contribution in [0.1, 0.15) is 29.9 Å². The van der Waals surface area contributed by atoms with Crippen LogP contribution in [0.3, 0.4) is 0 Å². The fourth-order valence-corrected chi connectivity index (χ4v) is 3.13. The van der Waals surface area contributed by atoms with Gasteiger partial charge >= 0.3 is 0 Å². The monoisotopic (exact) mass is 475 g/mol. The molecule has 0 aliphatic carbocycles. The quantitative estimate of drug-likeness (QED) is 0.254. The van der Waals surface area contributed by atoms with E-state index in [0.29, 0.717) is 34.9 Å². The molecule has 4 aromatic rings. The zero-order valence-electron chi connectivity index (χ0n) is 18.8. The first-order valence-corrected chi connectivity index (χ1v) is 10.4. The van der Waals surface area contributed by atoms with Crippen LogP contribution in [0.5, 0.6) is 5.75 Å². The van der Waals surface area contributed by atoms with Crippen molar-refractivity contribution >= 4 is 29.5 Å². The predicted octanol–water partition coefficient (Wildman–Crippen LogP) is 2.02. The van der Waals surface area contributed by atoms with E-state index < -0.39 is 5.91 Å². The Morgan fingerprint density at radius 1 is 1.14 bits per heavy atom. The van der Waals surface area contributed by atoms with Crippen LogP contribution in [0.15, 0.2) is 58.3 Å². The molecule has 0 aliphatic rings. The Morgan fingerprint density at radius 2 is 1.89 bits per heavy atom. The maximum absolute atomic E-state index is 12.9. The van der Waals surface area contributed by atoms with Gasteiger partial charge in [0.05, 0.1) is 12.8 Å². The van der Waals surface area contributed by atoms with Crippen molar-refractivity contribution in [2.24, 2.45) is 5.10 Å². The molecule has 2 aromatic heterocycles. The van der Waals surface area contributed by atoms with E-state index in [0.717, 1.165) is 0 Å². The zero-order chi connectivity index (χ0) is 24.8. The first-order chi connectivity index (χ1) is 17.0. The highest BCUT2D eigenvalue weighted by Crippen LogP contribution is 2.28. The summed E-state index contributed by atoms with van der Waals surface area (Å²) in [6, 6.07) is 13.9. The lowest BCUT2D eigenvalue weighted by Gasteiger charge is -2.07. The number of nitrogens with one attached hydrogen (secondary N) is 2. The molecule has 2 amide bonds. The number of nitrogens with zero attached hydrogens (tertiary/aromatic N) is 6. The first-order valence-electron chi connectivity index (χ1n) is 10.4. The number of hydrogen-bond acceptors (Lipinski definition) is 10. The van der Waals surface area contributed by atoms with Crippen LogP contribution >= 0.6 is 0 Å². The predicted molar refractivity (Wildman–Crippen MR) is 126 cm³/mol. The van der Waals surface area contributed by atoms with E-state index in [1.807, 2.05) is 6.92 Å². The number of benzene rings is 2. The summed E-state index contributed by atoms with van der Waals surface area (Å²) in [4.78, 5) is 24.1. The first kappa shape index (κ1) is 23.1. The zero-order valence-corrected chi connectivity index (χ0v) is 18.8. The number of carbonyl (C=O) groups is 2. The van der Waals surface area contributed by atoms with Crippen LogP contribution in [-0.4, -0.2) is 49.9 Å². The average Bonchev–Trinajstić information content (AvgIpc) is 3.46. The molecular weight excluding hydrogens is 454 g/mol. The molecule has 0 spiro atoms. The van der Waals surface area contributed by atoms with E-state index in [9.17, 15) is 9.59 Å². The van der Waals surface area contributed by atoms with E-state index >= 15 is 0 Å². The fraction of sp³-hybridized carbons (Fsp3) is 0.136. The molecule has 0 bridgehead atoms. The van der Waals surface area contributed by atoms with Gasteiger partial charge in [-0.25, -0.2) is 10.1 Å². The highest BCUT2D eigenvalue weighted by molar-refractivity contribution is 5.99. The second-order valence-corrected chi connectivity index (χ2v) is 7.13. The Morgan fingerprint density at radius 3 is 2.51 bits per heavy atom. The highest BCUT2D eigenvalue weighted by Gasteiger charge is 2.25. The smallest absolute Gasteiger partial charge is 0.294 e. The van der Waals surface area contributed by atoms with Crippen LogP contribution in [0, 0.1) is 0 Å². The molecule has 0 fully saturated rings. The molecule has 2 aromatic carbocycles. The lowest BCUT2D eigenvalue weighted by atomic mass is 10.1. The SMILES string of the molecule is CCOc1ccc(-c2c(C(=O)N/N=C/c3ccc(NC(C)=O)cc3)nnn2-c2nonc2N)cc1.